The van der Waals surface area contributed by atoms with Gasteiger partial charge in [-0.1, -0.05) is 30.8 Å². The minimum absolute atomic E-state index is 0.302. The van der Waals surface area contributed by atoms with Crippen LogP contribution in [0.15, 0.2) is 28.6 Å². The summed E-state index contributed by atoms with van der Waals surface area (Å²) < 4.78 is 2.23. The third-order valence-electron chi connectivity index (χ3n) is 3.21. The van der Waals surface area contributed by atoms with E-state index in [4.69, 9.17) is 5.73 Å². The van der Waals surface area contributed by atoms with Crippen molar-refractivity contribution in [1.82, 2.24) is 10.3 Å². The summed E-state index contributed by atoms with van der Waals surface area (Å²) in [6, 6.07) is 8.10. The van der Waals surface area contributed by atoms with Gasteiger partial charge in [0.2, 0.25) is 5.91 Å². The molecule has 1 heterocycles. The van der Waals surface area contributed by atoms with Crippen LogP contribution < -0.4 is 11.1 Å². The molecule has 0 saturated carbocycles. The number of carbonyl (C=O) groups is 1. The van der Waals surface area contributed by atoms with E-state index in [1.807, 2.05) is 32.0 Å². The summed E-state index contributed by atoms with van der Waals surface area (Å²) in [5.74, 6) is 0.510. The van der Waals surface area contributed by atoms with Gasteiger partial charge in [0.15, 0.2) is 4.34 Å². The maximum Gasteiger partial charge on any atom is 0.237 e. The van der Waals surface area contributed by atoms with Crippen LogP contribution >= 0.6 is 23.1 Å². The van der Waals surface area contributed by atoms with Gasteiger partial charge in [-0.3, -0.25) is 4.79 Å². The number of nitrogens with one attached hydrogen (secondary N) is 1. The van der Waals surface area contributed by atoms with Gasteiger partial charge in [-0.05, 0) is 32.0 Å². The minimum atomic E-state index is -0.640. The third kappa shape index (κ3) is 3.50. The molecule has 2 rings (SSSR count). The zero-order chi connectivity index (χ0) is 14.6. The van der Waals surface area contributed by atoms with Gasteiger partial charge in [-0.15, -0.1) is 11.3 Å². The van der Waals surface area contributed by atoms with Gasteiger partial charge in [0.05, 0.1) is 15.8 Å². The van der Waals surface area contributed by atoms with Crippen molar-refractivity contribution in [1.29, 1.82) is 0 Å². The van der Waals surface area contributed by atoms with E-state index < -0.39 is 5.54 Å². The molecule has 1 aromatic carbocycles. The number of thiazole rings is 1. The van der Waals surface area contributed by atoms with Gasteiger partial charge in [0, 0.05) is 5.75 Å². The lowest BCUT2D eigenvalue weighted by Crippen LogP contribution is -2.53. The average Bonchev–Trinajstić information content (AvgIpc) is 2.81. The van der Waals surface area contributed by atoms with Gasteiger partial charge in [-0.25, -0.2) is 4.98 Å². The predicted molar refractivity (Wildman–Crippen MR) is 86.2 cm³/mol. The molecule has 2 aromatic rings. The zero-order valence-electron chi connectivity index (χ0n) is 11.7. The topological polar surface area (TPSA) is 68.0 Å². The van der Waals surface area contributed by atoms with E-state index in [9.17, 15) is 4.79 Å². The Hall–Kier alpha value is -1.11. The number of aromatic nitrogens is 1. The van der Waals surface area contributed by atoms with Crippen molar-refractivity contribution in [2.24, 2.45) is 5.73 Å². The van der Waals surface area contributed by atoms with E-state index in [0.717, 1.165) is 22.2 Å². The van der Waals surface area contributed by atoms with Crippen molar-refractivity contribution in [2.75, 3.05) is 12.3 Å². The molecule has 0 aliphatic heterocycles. The summed E-state index contributed by atoms with van der Waals surface area (Å²) >= 11 is 3.36. The van der Waals surface area contributed by atoms with E-state index in [2.05, 4.69) is 16.4 Å². The fraction of sp³-hybridized carbons (Fsp3) is 0.429. The summed E-state index contributed by atoms with van der Waals surface area (Å²) in [4.78, 5) is 16.1. The number of thioether (sulfide) groups is 1. The quantitative estimate of drug-likeness (QED) is 0.772. The lowest BCUT2D eigenvalue weighted by molar-refractivity contribution is -0.123. The maximum atomic E-state index is 11.5. The normalized spacial score (nSPS) is 14.3. The molecule has 0 aliphatic rings. The Bertz CT molecular complexity index is 566. The van der Waals surface area contributed by atoms with E-state index in [1.165, 1.54) is 4.70 Å². The molecular weight excluding hydrogens is 290 g/mol. The molecule has 1 aromatic heterocycles. The fourth-order valence-electron chi connectivity index (χ4n) is 1.94. The Morgan fingerprint density at radius 1 is 1.50 bits per heavy atom. The second-order valence-corrected chi connectivity index (χ2v) is 7.15. The van der Waals surface area contributed by atoms with Gasteiger partial charge in [-0.2, -0.15) is 0 Å². The molecule has 3 N–H and O–H groups in total. The van der Waals surface area contributed by atoms with Crippen LogP contribution in [-0.4, -0.2) is 28.7 Å². The molecule has 20 heavy (non-hydrogen) atoms. The minimum Gasteiger partial charge on any atom is -0.368 e. The number of primary amides is 1. The summed E-state index contributed by atoms with van der Waals surface area (Å²) in [5, 5.41) is 3.17. The first-order chi connectivity index (χ1) is 9.55. The Labute approximate surface area is 127 Å². The number of benzene rings is 1. The van der Waals surface area contributed by atoms with E-state index in [-0.39, 0.29) is 5.91 Å². The molecule has 1 amide bonds. The Kier molecular flexibility index (Phi) is 5.01. The van der Waals surface area contributed by atoms with Gasteiger partial charge in [0.1, 0.15) is 0 Å². The zero-order valence-corrected chi connectivity index (χ0v) is 13.3. The van der Waals surface area contributed by atoms with Crippen LogP contribution in [0.5, 0.6) is 0 Å². The van der Waals surface area contributed by atoms with Crippen molar-refractivity contribution in [3.05, 3.63) is 24.3 Å². The number of nitrogens with two attached hydrogens (primary N) is 1. The summed E-state index contributed by atoms with van der Waals surface area (Å²) in [7, 11) is 0. The first-order valence-corrected chi connectivity index (χ1v) is 8.38. The number of para-hydroxylation sites is 1. The molecule has 4 nitrogen and oxygen atoms in total. The number of carbonyl (C=O) groups excluding carboxylic acids is 1. The number of hydrogen-bond donors (Lipinski definition) is 2. The summed E-state index contributed by atoms with van der Waals surface area (Å²) in [6.07, 6.45) is 0.691. The van der Waals surface area contributed by atoms with Crippen LogP contribution in [0.3, 0.4) is 0 Å². The van der Waals surface area contributed by atoms with Crippen LogP contribution in [0.1, 0.15) is 20.3 Å². The van der Waals surface area contributed by atoms with Crippen molar-refractivity contribution in [2.45, 2.75) is 30.1 Å². The van der Waals surface area contributed by atoms with Crippen LogP contribution in [0, 0.1) is 0 Å². The van der Waals surface area contributed by atoms with Crippen LogP contribution in [0.2, 0.25) is 0 Å². The average molecular weight is 309 g/mol. The first-order valence-electron chi connectivity index (χ1n) is 6.58. The number of rotatable bonds is 7. The number of fused-ring (bicyclic) bond motifs is 1. The second kappa shape index (κ2) is 6.56. The molecule has 0 spiro atoms. The van der Waals surface area contributed by atoms with Crippen LogP contribution in [-0.2, 0) is 4.79 Å². The molecule has 108 valence electrons. The van der Waals surface area contributed by atoms with Crippen molar-refractivity contribution in [3.63, 3.8) is 0 Å². The second-order valence-electron chi connectivity index (χ2n) is 4.77. The van der Waals surface area contributed by atoms with Crippen molar-refractivity contribution >= 4 is 39.2 Å². The van der Waals surface area contributed by atoms with Gasteiger partial charge < -0.3 is 11.1 Å². The molecule has 0 aliphatic carbocycles. The fourth-order valence-corrected chi connectivity index (χ4v) is 4.24. The highest BCUT2D eigenvalue weighted by Crippen LogP contribution is 2.30. The molecule has 1 atom stereocenters. The van der Waals surface area contributed by atoms with Gasteiger partial charge >= 0.3 is 0 Å². The highest BCUT2D eigenvalue weighted by Gasteiger charge is 2.29. The lowest BCUT2D eigenvalue weighted by atomic mass is 9.98. The summed E-state index contributed by atoms with van der Waals surface area (Å²) in [5.41, 5.74) is 5.87. The molecule has 6 heteroatoms. The van der Waals surface area contributed by atoms with Crippen molar-refractivity contribution < 1.29 is 4.79 Å². The molecule has 0 fully saturated rings. The maximum absolute atomic E-state index is 11.5. The van der Waals surface area contributed by atoms with E-state index in [0.29, 0.717) is 6.42 Å². The lowest BCUT2D eigenvalue weighted by Gasteiger charge is -2.26. The molecule has 1 unspecified atom stereocenters. The van der Waals surface area contributed by atoms with E-state index >= 15 is 0 Å². The highest BCUT2D eigenvalue weighted by atomic mass is 32.2. The first kappa shape index (κ1) is 15.3. The number of likely N-dealkylation sites (N-methyl/N-ethyl adjacent to an activating group) is 1. The largest absolute Gasteiger partial charge is 0.368 e. The number of amides is 1. The van der Waals surface area contributed by atoms with E-state index in [1.54, 1.807) is 23.1 Å². The monoisotopic (exact) mass is 309 g/mol. The Morgan fingerprint density at radius 3 is 2.90 bits per heavy atom. The molecule has 0 radical (unpaired) electrons. The SMILES string of the molecule is CCNC(C)(CCSc1nc2ccccc2s1)C(N)=O. The van der Waals surface area contributed by atoms with Crippen LogP contribution in [0.25, 0.3) is 10.2 Å². The Morgan fingerprint density at radius 2 is 2.25 bits per heavy atom. The number of hydrogen-bond acceptors (Lipinski definition) is 5. The molecule has 0 saturated heterocycles. The smallest absolute Gasteiger partial charge is 0.237 e. The van der Waals surface area contributed by atoms with Crippen molar-refractivity contribution in [3.8, 4) is 0 Å². The highest BCUT2D eigenvalue weighted by molar-refractivity contribution is 8.01. The molecule has 0 bridgehead atoms. The van der Waals surface area contributed by atoms with Crippen LogP contribution in [0.4, 0.5) is 0 Å². The number of nitrogens with zero attached hydrogens (tertiary/aromatic N) is 1. The third-order valence-corrected chi connectivity index (χ3v) is 5.39. The predicted octanol–water partition coefficient (Wildman–Crippen LogP) is 2.63. The standard InChI is InChI=1S/C14H19N3OS2/c1-3-16-14(2,12(15)18)8-9-19-13-17-10-6-4-5-7-11(10)20-13/h4-7,16H,3,8-9H2,1-2H3,(H2,15,18). The van der Waals surface area contributed by atoms with Gasteiger partial charge in [0.25, 0.3) is 0 Å². The summed E-state index contributed by atoms with van der Waals surface area (Å²) in [6.45, 7) is 4.56. The Balaban J connectivity index is 1.96. The molecular formula is C14H19N3OS2.